The number of hydrogen-bond acceptors (Lipinski definition) is 4. The van der Waals surface area contributed by atoms with Gasteiger partial charge in [-0.05, 0) is 13.8 Å². The third-order valence-corrected chi connectivity index (χ3v) is 4.13. The van der Waals surface area contributed by atoms with Gasteiger partial charge in [-0.3, -0.25) is 0 Å². The van der Waals surface area contributed by atoms with Gasteiger partial charge in [0.1, 0.15) is 0 Å². The third-order valence-electron chi connectivity index (χ3n) is 4.13. The molecule has 4 nitrogen and oxygen atoms in total. The number of ether oxygens (including phenoxy) is 4. The van der Waals surface area contributed by atoms with Gasteiger partial charge in [0.05, 0.1) is 13.2 Å². The van der Waals surface area contributed by atoms with E-state index in [-0.39, 0.29) is 0 Å². The van der Waals surface area contributed by atoms with Crippen LogP contribution in [0.5, 0.6) is 0 Å². The monoisotopic (exact) mass is 328 g/mol. The van der Waals surface area contributed by atoms with Gasteiger partial charge < -0.3 is 18.9 Å². The Balaban J connectivity index is 2.22. The molecule has 24 heavy (non-hydrogen) atoms. The van der Waals surface area contributed by atoms with E-state index in [1.54, 1.807) is 0 Å². The van der Waals surface area contributed by atoms with E-state index in [2.05, 4.69) is 0 Å². The Hall–Kier alpha value is -1.72. The van der Waals surface area contributed by atoms with Gasteiger partial charge in [-0.2, -0.15) is 0 Å². The van der Waals surface area contributed by atoms with Crippen molar-refractivity contribution in [2.45, 2.75) is 25.4 Å². The highest BCUT2D eigenvalue weighted by molar-refractivity contribution is 5.31. The molecule has 2 aromatic rings. The zero-order valence-corrected chi connectivity index (χ0v) is 14.2. The molecule has 1 aliphatic heterocycles. The van der Waals surface area contributed by atoms with Crippen LogP contribution in [0.1, 0.15) is 25.0 Å². The molecular formula is C20H24O4. The summed E-state index contributed by atoms with van der Waals surface area (Å²) in [6.45, 7) is 5.72. The highest BCUT2D eigenvalue weighted by Gasteiger charge is 2.61. The first kappa shape index (κ1) is 17.1. The van der Waals surface area contributed by atoms with Crippen LogP contribution in [0.25, 0.3) is 0 Å². The van der Waals surface area contributed by atoms with E-state index in [4.69, 9.17) is 18.9 Å². The summed E-state index contributed by atoms with van der Waals surface area (Å²) in [6.07, 6.45) is 0. The SMILES string of the molecule is CCO[C@]1(c2ccccc2)OCCO[C@]1(OCC)c1ccccc1. The predicted molar refractivity (Wildman–Crippen MR) is 91.4 cm³/mol. The minimum absolute atomic E-state index is 0.441. The van der Waals surface area contributed by atoms with Gasteiger partial charge in [0.25, 0.3) is 11.6 Å². The van der Waals surface area contributed by atoms with Crippen LogP contribution in [-0.2, 0) is 30.5 Å². The van der Waals surface area contributed by atoms with Crippen molar-refractivity contribution in [1.29, 1.82) is 0 Å². The van der Waals surface area contributed by atoms with E-state index in [9.17, 15) is 0 Å². The molecule has 0 bridgehead atoms. The fourth-order valence-electron chi connectivity index (χ4n) is 3.27. The molecule has 2 atom stereocenters. The second kappa shape index (κ2) is 7.45. The molecule has 0 radical (unpaired) electrons. The molecular weight excluding hydrogens is 304 g/mol. The number of rotatable bonds is 6. The quantitative estimate of drug-likeness (QED) is 0.808. The van der Waals surface area contributed by atoms with Gasteiger partial charge in [0.2, 0.25) is 0 Å². The Morgan fingerprint density at radius 1 is 0.708 bits per heavy atom. The Morgan fingerprint density at radius 2 is 1.08 bits per heavy atom. The van der Waals surface area contributed by atoms with Crippen LogP contribution in [0.2, 0.25) is 0 Å². The second-order valence-corrected chi connectivity index (χ2v) is 5.53. The molecule has 0 spiro atoms. The molecule has 1 fully saturated rings. The van der Waals surface area contributed by atoms with Gasteiger partial charge in [0, 0.05) is 24.3 Å². The largest absolute Gasteiger partial charge is 0.342 e. The van der Waals surface area contributed by atoms with Crippen LogP contribution in [-0.4, -0.2) is 26.4 Å². The van der Waals surface area contributed by atoms with Gasteiger partial charge in [0.15, 0.2) is 0 Å². The van der Waals surface area contributed by atoms with Crippen LogP contribution in [0.3, 0.4) is 0 Å². The Bertz CT molecular complexity index is 565. The molecule has 2 aromatic carbocycles. The summed E-state index contributed by atoms with van der Waals surface area (Å²) >= 11 is 0. The predicted octanol–water partition coefficient (Wildman–Crippen LogP) is 3.81. The molecule has 0 amide bonds. The lowest BCUT2D eigenvalue weighted by atomic mass is 9.89. The maximum Gasteiger partial charge on any atom is 0.256 e. The summed E-state index contributed by atoms with van der Waals surface area (Å²) in [7, 11) is 0. The van der Waals surface area contributed by atoms with Crippen LogP contribution in [0.4, 0.5) is 0 Å². The normalized spacial score (nSPS) is 27.1. The molecule has 3 rings (SSSR count). The maximum atomic E-state index is 6.24. The summed E-state index contributed by atoms with van der Waals surface area (Å²) in [5.41, 5.74) is 1.76. The van der Waals surface area contributed by atoms with E-state index >= 15 is 0 Å². The van der Waals surface area contributed by atoms with E-state index in [1.807, 2.05) is 74.5 Å². The first-order chi connectivity index (χ1) is 11.8. The minimum Gasteiger partial charge on any atom is -0.342 e. The first-order valence-corrected chi connectivity index (χ1v) is 8.46. The Kier molecular flexibility index (Phi) is 5.31. The van der Waals surface area contributed by atoms with Crippen LogP contribution in [0, 0.1) is 0 Å². The van der Waals surface area contributed by atoms with Gasteiger partial charge in [-0.1, -0.05) is 60.7 Å². The van der Waals surface area contributed by atoms with Gasteiger partial charge >= 0.3 is 0 Å². The lowest BCUT2D eigenvalue weighted by Gasteiger charge is -2.51. The number of benzene rings is 2. The van der Waals surface area contributed by atoms with Gasteiger partial charge in [-0.25, -0.2) is 0 Å². The van der Waals surface area contributed by atoms with Crippen molar-refractivity contribution in [2.24, 2.45) is 0 Å². The lowest BCUT2D eigenvalue weighted by Crippen LogP contribution is -2.60. The van der Waals surface area contributed by atoms with Crippen molar-refractivity contribution in [1.82, 2.24) is 0 Å². The average Bonchev–Trinajstić information content (AvgIpc) is 2.65. The Labute approximate surface area is 143 Å². The zero-order chi connectivity index (χ0) is 16.9. The van der Waals surface area contributed by atoms with E-state index in [0.717, 1.165) is 11.1 Å². The summed E-state index contributed by atoms with van der Waals surface area (Å²) in [4.78, 5) is 0. The van der Waals surface area contributed by atoms with Crippen molar-refractivity contribution >= 4 is 0 Å². The molecule has 1 heterocycles. The molecule has 0 aliphatic carbocycles. The van der Waals surface area contributed by atoms with Crippen molar-refractivity contribution in [3.8, 4) is 0 Å². The molecule has 0 saturated carbocycles. The molecule has 0 N–H and O–H groups in total. The zero-order valence-electron chi connectivity index (χ0n) is 14.2. The lowest BCUT2D eigenvalue weighted by molar-refractivity contribution is -0.456. The van der Waals surface area contributed by atoms with Crippen LogP contribution in [0.15, 0.2) is 60.7 Å². The smallest absolute Gasteiger partial charge is 0.256 e. The van der Waals surface area contributed by atoms with E-state index < -0.39 is 11.6 Å². The molecule has 1 saturated heterocycles. The van der Waals surface area contributed by atoms with Crippen LogP contribution >= 0.6 is 0 Å². The summed E-state index contributed by atoms with van der Waals surface area (Å²) in [6, 6.07) is 19.8. The standard InChI is InChI=1S/C20H24O4/c1-3-21-19(17-11-7-5-8-12-17)20(22-4-2,24-16-15-23-19)18-13-9-6-10-14-18/h5-14H,3-4,15-16H2,1-2H3/t19-,20-/m1/s1. The van der Waals surface area contributed by atoms with Gasteiger partial charge in [-0.15, -0.1) is 0 Å². The van der Waals surface area contributed by atoms with Crippen molar-refractivity contribution < 1.29 is 18.9 Å². The second-order valence-electron chi connectivity index (χ2n) is 5.53. The topological polar surface area (TPSA) is 36.9 Å². The maximum absolute atomic E-state index is 6.24. The van der Waals surface area contributed by atoms with Crippen LogP contribution < -0.4 is 0 Å². The third kappa shape index (κ3) is 2.76. The van der Waals surface area contributed by atoms with Crippen molar-refractivity contribution in [3.05, 3.63) is 71.8 Å². The fraction of sp³-hybridized carbons (Fsp3) is 0.400. The van der Waals surface area contributed by atoms with Crippen molar-refractivity contribution in [2.75, 3.05) is 26.4 Å². The molecule has 0 aromatic heterocycles. The molecule has 4 heteroatoms. The van der Waals surface area contributed by atoms with E-state index in [0.29, 0.717) is 26.4 Å². The van der Waals surface area contributed by atoms with Crippen molar-refractivity contribution in [3.63, 3.8) is 0 Å². The highest BCUT2D eigenvalue weighted by atomic mass is 16.8. The minimum atomic E-state index is -1.15. The first-order valence-electron chi connectivity index (χ1n) is 8.46. The molecule has 128 valence electrons. The average molecular weight is 328 g/mol. The highest BCUT2D eigenvalue weighted by Crippen LogP contribution is 2.50. The molecule has 1 aliphatic rings. The number of hydrogen-bond donors (Lipinski definition) is 0. The summed E-state index contributed by atoms with van der Waals surface area (Å²) in [5, 5.41) is 0. The fourth-order valence-corrected chi connectivity index (χ4v) is 3.27. The van der Waals surface area contributed by atoms with E-state index in [1.165, 1.54) is 0 Å². The summed E-state index contributed by atoms with van der Waals surface area (Å²) in [5.74, 6) is -2.31. The Morgan fingerprint density at radius 3 is 1.42 bits per heavy atom. The summed E-state index contributed by atoms with van der Waals surface area (Å²) < 4.78 is 24.9. The molecule has 0 unspecified atom stereocenters.